The fraction of sp³-hybridized carbons (Fsp3) is 0.325. The van der Waals surface area contributed by atoms with Crippen molar-refractivity contribution in [2.24, 2.45) is 5.92 Å². The Morgan fingerprint density at radius 2 is 1.49 bits per heavy atom. The van der Waals surface area contributed by atoms with Gasteiger partial charge in [-0.2, -0.15) is 0 Å². The second-order valence-corrected chi connectivity index (χ2v) is 13.9. The van der Waals surface area contributed by atoms with Gasteiger partial charge in [-0.3, -0.25) is 9.69 Å². The molecule has 1 heterocycles. The first-order chi connectivity index (χ1) is 23.3. The Hall–Kier alpha value is -5.18. The van der Waals surface area contributed by atoms with Gasteiger partial charge in [0.1, 0.15) is 23.4 Å². The summed E-state index contributed by atoms with van der Waals surface area (Å²) in [7, 11) is 0. The van der Waals surface area contributed by atoms with Crippen molar-refractivity contribution in [3.8, 4) is 22.6 Å². The summed E-state index contributed by atoms with van der Waals surface area (Å²) in [5.41, 5.74) is 5.38. The third kappa shape index (κ3) is 8.84. The molecule has 0 aromatic heterocycles. The van der Waals surface area contributed by atoms with E-state index in [4.69, 9.17) is 9.47 Å². The Morgan fingerprint density at radius 3 is 2.08 bits per heavy atom. The Balaban J connectivity index is 1.33. The lowest BCUT2D eigenvalue weighted by Crippen LogP contribution is -2.55. The number of benzene rings is 4. The molecule has 1 aliphatic heterocycles. The lowest BCUT2D eigenvalue weighted by molar-refractivity contribution is -0.135. The molecule has 9 heteroatoms. The number of imide groups is 1. The molecule has 1 N–H and O–H groups in total. The minimum absolute atomic E-state index is 0.0139. The van der Waals surface area contributed by atoms with Gasteiger partial charge in [-0.1, -0.05) is 89.2 Å². The van der Waals surface area contributed by atoms with E-state index in [0.29, 0.717) is 11.5 Å². The number of hydrogen-bond donors (Lipinski definition) is 1. The summed E-state index contributed by atoms with van der Waals surface area (Å²) in [4.78, 5) is 41.9. The quantitative estimate of drug-likeness (QED) is 0.192. The molecule has 1 atom stereocenters. The summed E-state index contributed by atoms with van der Waals surface area (Å²) in [5, 5.41) is 10.1. The molecule has 0 fully saturated rings. The number of ether oxygens (including phenoxy) is 2. The zero-order valence-electron chi connectivity index (χ0n) is 28.6. The summed E-state index contributed by atoms with van der Waals surface area (Å²) in [6.07, 6.45) is -1.67. The van der Waals surface area contributed by atoms with Crippen LogP contribution in [-0.2, 0) is 34.3 Å². The highest BCUT2D eigenvalue weighted by molar-refractivity contribution is 5.96. The number of hydrogen-bond acceptors (Lipinski definition) is 5. The van der Waals surface area contributed by atoms with Gasteiger partial charge >= 0.3 is 12.2 Å². The van der Waals surface area contributed by atoms with Gasteiger partial charge < -0.3 is 14.6 Å². The number of amides is 3. The number of halogens is 1. The first-order valence-electron chi connectivity index (χ1n) is 16.5. The van der Waals surface area contributed by atoms with Crippen LogP contribution in [0.25, 0.3) is 11.1 Å². The first kappa shape index (κ1) is 35.1. The summed E-state index contributed by atoms with van der Waals surface area (Å²) in [5.74, 6) is 0.322. The van der Waals surface area contributed by atoms with E-state index in [9.17, 15) is 23.9 Å². The van der Waals surface area contributed by atoms with E-state index < -0.39 is 24.1 Å². The average molecular weight is 667 g/mol. The minimum Gasteiger partial charge on any atom is -0.465 e. The van der Waals surface area contributed by atoms with Crippen LogP contribution in [0.5, 0.6) is 11.5 Å². The molecular formula is C40H43FN2O6. The Morgan fingerprint density at radius 1 is 0.878 bits per heavy atom. The average Bonchev–Trinajstić information content (AvgIpc) is 3.07. The topological polar surface area (TPSA) is 96.4 Å². The van der Waals surface area contributed by atoms with E-state index in [1.54, 1.807) is 12.1 Å². The monoisotopic (exact) mass is 666 g/mol. The molecule has 5 rings (SSSR count). The molecule has 3 amide bonds. The van der Waals surface area contributed by atoms with E-state index in [2.05, 4.69) is 20.8 Å². The van der Waals surface area contributed by atoms with Crippen LogP contribution < -0.4 is 4.74 Å². The second-order valence-electron chi connectivity index (χ2n) is 13.9. The number of carbonyl (C=O) groups is 3. The lowest BCUT2D eigenvalue weighted by atomic mass is 9.87. The van der Waals surface area contributed by atoms with Crippen LogP contribution in [0.3, 0.4) is 0 Å². The molecule has 4 aromatic rings. The maximum absolute atomic E-state index is 13.9. The number of fused-ring (bicyclic) bond motifs is 1. The highest BCUT2D eigenvalue weighted by atomic mass is 19.1. The molecular weight excluding hydrogens is 623 g/mol. The lowest BCUT2D eigenvalue weighted by Gasteiger charge is -2.37. The SMILES string of the molecule is CC(C)COC(=O)N1Cc2cc(Oc3ccc(C(C)(C)C)cc3)ccc2C[C@H]1C(=O)N(CCc1ccc(-c2ccc(F)cc2)cc1)C(=O)O. The zero-order chi connectivity index (χ0) is 35.3. The molecule has 4 aromatic carbocycles. The largest absolute Gasteiger partial charge is 0.465 e. The Bertz CT molecular complexity index is 1780. The standard InChI is InChI=1S/C40H43FN2O6/c1-26(2)25-48-39(47)43-24-31-22-35(49-34-18-13-32(14-19-34)40(3,4)5)17-12-30(31)23-36(43)37(44)42(38(45)46)21-20-27-6-8-28(9-7-27)29-10-15-33(41)16-11-29/h6-19,22,26,36H,20-21,23-25H2,1-5H3,(H,45,46)/t36-/m0/s1. The van der Waals surface area contributed by atoms with Crippen molar-refractivity contribution in [3.05, 3.63) is 119 Å². The predicted octanol–water partition coefficient (Wildman–Crippen LogP) is 8.85. The molecule has 256 valence electrons. The van der Waals surface area contributed by atoms with Crippen LogP contribution in [0.4, 0.5) is 14.0 Å². The normalized spacial score (nSPS) is 14.3. The third-order valence-corrected chi connectivity index (χ3v) is 8.58. The zero-order valence-corrected chi connectivity index (χ0v) is 28.6. The molecule has 1 aliphatic rings. The van der Waals surface area contributed by atoms with Gasteiger partial charge in [0.05, 0.1) is 13.2 Å². The Labute approximate surface area is 287 Å². The Kier molecular flexibility index (Phi) is 10.7. The van der Waals surface area contributed by atoms with E-state index >= 15 is 0 Å². The molecule has 0 unspecified atom stereocenters. The van der Waals surface area contributed by atoms with E-state index in [1.807, 2.05) is 80.6 Å². The van der Waals surface area contributed by atoms with Crippen molar-refractivity contribution >= 4 is 18.1 Å². The fourth-order valence-electron chi connectivity index (χ4n) is 5.74. The van der Waals surface area contributed by atoms with Crippen molar-refractivity contribution < 1.29 is 33.4 Å². The molecule has 49 heavy (non-hydrogen) atoms. The van der Waals surface area contributed by atoms with E-state index in [-0.39, 0.29) is 49.7 Å². The molecule has 0 spiro atoms. The van der Waals surface area contributed by atoms with Gasteiger partial charge in [0, 0.05) is 13.0 Å². The molecule has 0 bridgehead atoms. The van der Waals surface area contributed by atoms with Crippen LogP contribution in [-0.4, -0.2) is 52.2 Å². The summed E-state index contributed by atoms with van der Waals surface area (Å²) < 4.78 is 25.0. The first-order valence-corrected chi connectivity index (χ1v) is 16.5. The third-order valence-electron chi connectivity index (χ3n) is 8.58. The molecule has 0 radical (unpaired) electrons. The molecule has 0 saturated carbocycles. The van der Waals surface area contributed by atoms with Crippen LogP contribution in [0, 0.1) is 11.7 Å². The van der Waals surface area contributed by atoms with E-state index in [1.165, 1.54) is 22.6 Å². The van der Waals surface area contributed by atoms with Gasteiger partial charge in [0.25, 0.3) is 5.91 Å². The fourth-order valence-corrected chi connectivity index (χ4v) is 5.74. The summed E-state index contributed by atoms with van der Waals surface area (Å²) in [6, 6.07) is 26.0. The maximum atomic E-state index is 13.9. The number of nitrogens with zero attached hydrogens (tertiary/aromatic N) is 2. The number of carbonyl (C=O) groups excluding carboxylic acids is 2. The molecule has 0 aliphatic carbocycles. The van der Waals surface area contributed by atoms with Crippen molar-refractivity contribution in [2.45, 2.75) is 65.5 Å². The van der Waals surface area contributed by atoms with Gasteiger partial charge in [-0.05, 0) is 87.5 Å². The maximum Gasteiger partial charge on any atom is 0.414 e. The van der Waals surface area contributed by atoms with Gasteiger partial charge in [-0.15, -0.1) is 0 Å². The van der Waals surface area contributed by atoms with Crippen LogP contribution in [0.2, 0.25) is 0 Å². The highest BCUT2D eigenvalue weighted by Gasteiger charge is 2.39. The van der Waals surface area contributed by atoms with Crippen molar-refractivity contribution in [1.82, 2.24) is 9.80 Å². The van der Waals surface area contributed by atoms with Gasteiger partial charge in [0.2, 0.25) is 0 Å². The highest BCUT2D eigenvalue weighted by Crippen LogP contribution is 2.32. The van der Waals surface area contributed by atoms with Gasteiger partial charge in [-0.25, -0.2) is 18.9 Å². The van der Waals surface area contributed by atoms with E-state index in [0.717, 1.165) is 32.7 Å². The number of carboxylic acid groups (broad SMARTS) is 1. The molecule has 8 nitrogen and oxygen atoms in total. The van der Waals surface area contributed by atoms with Crippen LogP contribution in [0.1, 0.15) is 56.9 Å². The number of rotatable bonds is 9. The molecule has 0 saturated heterocycles. The summed E-state index contributed by atoms with van der Waals surface area (Å²) >= 11 is 0. The van der Waals surface area contributed by atoms with Gasteiger partial charge in [0.15, 0.2) is 0 Å². The minimum atomic E-state index is -1.39. The predicted molar refractivity (Wildman–Crippen MR) is 186 cm³/mol. The van der Waals surface area contributed by atoms with Crippen molar-refractivity contribution in [1.29, 1.82) is 0 Å². The van der Waals surface area contributed by atoms with Crippen molar-refractivity contribution in [3.63, 3.8) is 0 Å². The van der Waals surface area contributed by atoms with Crippen molar-refractivity contribution in [2.75, 3.05) is 13.2 Å². The summed E-state index contributed by atoms with van der Waals surface area (Å²) in [6.45, 7) is 10.4. The van der Waals surface area contributed by atoms with Crippen LogP contribution in [0.15, 0.2) is 91.0 Å². The van der Waals surface area contributed by atoms with Crippen LogP contribution >= 0.6 is 0 Å². The smallest absolute Gasteiger partial charge is 0.414 e. The second kappa shape index (κ2) is 14.9.